The van der Waals surface area contributed by atoms with Crippen LogP contribution in [0.2, 0.25) is 0 Å². The molecule has 1 aliphatic heterocycles. The highest BCUT2D eigenvalue weighted by Crippen LogP contribution is 2.32. The number of carbonyl (C=O) groups is 1. The number of urea groups is 1. The number of amides is 2. The van der Waals surface area contributed by atoms with E-state index >= 15 is 0 Å². The van der Waals surface area contributed by atoms with Crippen LogP contribution in [-0.2, 0) is 0 Å². The first kappa shape index (κ1) is 12.7. The van der Waals surface area contributed by atoms with E-state index in [1.807, 2.05) is 13.8 Å². The number of hydrogen-bond acceptors (Lipinski definition) is 2. The van der Waals surface area contributed by atoms with Crippen molar-refractivity contribution >= 4 is 6.03 Å². The molecule has 0 saturated carbocycles. The molecule has 2 rings (SSSR count). The summed E-state index contributed by atoms with van der Waals surface area (Å²) >= 11 is 0. The topological polar surface area (TPSA) is 50.4 Å². The molecule has 5 heteroatoms. The molecule has 1 aromatic rings. The van der Waals surface area contributed by atoms with Crippen LogP contribution in [0.15, 0.2) is 18.2 Å². The maximum atomic E-state index is 13.2. The number of ether oxygens (including phenoxy) is 1. The number of hydrogen-bond donors (Lipinski definition) is 2. The molecule has 1 heterocycles. The molecule has 18 heavy (non-hydrogen) atoms. The first-order chi connectivity index (χ1) is 8.56. The van der Waals surface area contributed by atoms with E-state index in [2.05, 4.69) is 10.6 Å². The number of carbonyl (C=O) groups excluding carboxylic acids is 1. The molecule has 0 aromatic heterocycles. The van der Waals surface area contributed by atoms with Gasteiger partial charge in [-0.05, 0) is 32.0 Å². The van der Waals surface area contributed by atoms with Crippen molar-refractivity contribution in [3.05, 3.63) is 29.6 Å². The standard InChI is InChI=1S/C13H17FN2O2/c1-8(2)15-13(17)16-11-5-6-18-12-4-3-9(14)7-10(11)12/h3-4,7-8,11H,5-6H2,1-2H3,(H2,15,16,17). The van der Waals surface area contributed by atoms with Crippen LogP contribution >= 0.6 is 0 Å². The third-order valence-corrected chi connectivity index (χ3v) is 2.74. The van der Waals surface area contributed by atoms with Crippen molar-refractivity contribution in [3.8, 4) is 5.75 Å². The molecule has 0 saturated heterocycles. The molecule has 1 aromatic carbocycles. The maximum absolute atomic E-state index is 13.2. The average Bonchev–Trinajstić information content (AvgIpc) is 2.28. The molecule has 2 N–H and O–H groups in total. The summed E-state index contributed by atoms with van der Waals surface area (Å²) in [5, 5.41) is 5.59. The average molecular weight is 252 g/mol. The zero-order chi connectivity index (χ0) is 13.1. The van der Waals surface area contributed by atoms with E-state index in [9.17, 15) is 9.18 Å². The molecule has 1 aliphatic rings. The summed E-state index contributed by atoms with van der Waals surface area (Å²) in [6.45, 7) is 4.29. The smallest absolute Gasteiger partial charge is 0.315 e. The van der Waals surface area contributed by atoms with E-state index in [1.54, 1.807) is 6.07 Å². The lowest BCUT2D eigenvalue weighted by atomic mass is 10.0. The summed E-state index contributed by atoms with van der Waals surface area (Å²) in [5.74, 6) is 0.313. The Bertz CT molecular complexity index is 449. The lowest BCUT2D eigenvalue weighted by molar-refractivity contribution is 0.221. The predicted octanol–water partition coefficient (Wildman–Crippen LogP) is 2.36. The van der Waals surface area contributed by atoms with Crippen LogP contribution in [0.5, 0.6) is 5.75 Å². The van der Waals surface area contributed by atoms with Gasteiger partial charge in [-0.25, -0.2) is 9.18 Å². The Morgan fingerprint density at radius 3 is 3.00 bits per heavy atom. The molecular formula is C13H17FN2O2. The number of benzene rings is 1. The van der Waals surface area contributed by atoms with Crippen molar-refractivity contribution in [1.82, 2.24) is 10.6 Å². The lowest BCUT2D eigenvalue weighted by Gasteiger charge is -2.27. The first-order valence-electron chi connectivity index (χ1n) is 6.05. The Kier molecular flexibility index (Phi) is 3.69. The highest BCUT2D eigenvalue weighted by molar-refractivity contribution is 5.74. The molecule has 0 spiro atoms. The van der Waals surface area contributed by atoms with Crippen molar-refractivity contribution in [2.45, 2.75) is 32.4 Å². The lowest BCUT2D eigenvalue weighted by Crippen LogP contribution is -2.42. The second kappa shape index (κ2) is 5.25. The first-order valence-corrected chi connectivity index (χ1v) is 6.05. The third-order valence-electron chi connectivity index (χ3n) is 2.74. The number of halogens is 1. The third kappa shape index (κ3) is 2.91. The largest absolute Gasteiger partial charge is 0.493 e. The Labute approximate surface area is 106 Å². The number of rotatable bonds is 2. The molecule has 0 fully saturated rings. The van der Waals surface area contributed by atoms with E-state index < -0.39 is 0 Å². The fraction of sp³-hybridized carbons (Fsp3) is 0.462. The van der Waals surface area contributed by atoms with Crippen LogP contribution < -0.4 is 15.4 Å². The summed E-state index contributed by atoms with van der Waals surface area (Å²) in [6.07, 6.45) is 0.641. The zero-order valence-electron chi connectivity index (χ0n) is 10.5. The number of fused-ring (bicyclic) bond motifs is 1. The van der Waals surface area contributed by atoms with Crippen LogP contribution in [-0.4, -0.2) is 18.7 Å². The molecule has 0 aliphatic carbocycles. The second-order valence-corrected chi connectivity index (χ2v) is 4.64. The van der Waals surface area contributed by atoms with Crippen LogP contribution in [0.25, 0.3) is 0 Å². The Morgan fingerprint density at radius 1 is 1.50 bits per heavy atom. The zero-order valence-corrected chi connectivity index (χ0v) is 10.5. The minimum absolute atomic E-state index is 0.0665. The van der Waals surface area contributed by atoms with E-state index in [4.69, 9.17) is 4.74 Å². The molecule has 98 valence electrons. The van der Waals surface area contributed by atoms with Crippen molar-refractivity contribution < 1.29 is 13.9 Å². The van der Waals surface area contributed by atoms with Crippen LogP contribution in [0.4, 0.5) is 9.18 Å². The highest BCUT2D eigenvalue weighted by Gasteiger charge is 2.23. The minimum Gasteiger partial charge on any atom is -0.493 e. The quantitative estimate of drug-likeness (QED) is 0.849. The molecule has 2 amide bonds. The van der Waals surface area contributed by atoms with Gasteiger partial charge in [0.25, 0.3) is 0 Å². The van der Waals surface area contributed by atoms with Gasteiger partial charge in [0, 0.05) is 18.0 Å². The van der Waals surface area contributed by atoms with E-state index in [1.165, 1.54) is 12.1 Å². The van der Waals surface area contributed by atoms with Crippen molar-refractivity contribution in [2.24, 2.45) is 0 Å². The van der Waals surface area contributed by atoms with E-state index in [0.717, 1.165) is 0 Å². The minimum atomic E-state index is -0.324. The van der Waals surface area contributed by atoms with Crippen LogP contribution in [0.3, 0.4) is 0 Å². The Morgan fingerprint density at radius 2 is 2.28 bits per heavy atom. The van der Waals surface area contributed by atoms with Gasteiger partial charge >= 0.3 is 6.03 Å². The Balaban J connectivity index is 2.12. The van der Waals surface area contributed by atoms with Gasteiger partial charge in [-0.2, -0.15) is 0 Å². The van der Waals surface area contributed by atoms with Gasteiger partial charge in [0.1, 0.15) is 11.6 Å². The normalized spacial score (nSPS) is 17.9. The number of nitrogens with one attached hydrogen (secondary N) is 2. The van der Waals surface area contributed by atoms with Crippen LogP contribution in [0.1, 0.15) is 31.9 Å². The molecule has 1 atom stereocenters. The summed E-state index contributed by atoms with van der Waals surface area (Å²) < 4.78 is 18.7. The van der Waals surface area contributed by atoms with Gasteiger partial charge in [0.05, 0.1) is 12.6 Å². The summed E-state index contributed by atoms with van der Waals surface area (Å²) in [5.41, 5.74) is 0.695. The van der Waals surface area contributed by atoms with Crippen molar-refractivity contribution in [1.29, 1.82) is 0 Å². The molecule has 0 bridgehead atoms. The molecule has 1 unspecified atom stereocenters. The maximum Gasteiger partial charge on any atom is 0.315 e. The molecule has 4 nitrogen and oxygen atoms in total. The van der Waals surface area contributed by atoms with Gasteiger partial charge in [-0.1, -0.05) is 0 Å². The monoisotopic (exact) mass is 252 g/mol. The van der Waals surface area contributed by atoms with E-state index in [-0.39, 0.29) is 23.9 Å². The predicted molar refractivity (Wildman–Crippen MR) is 66.1 cm³/mol. The van der Waals surface area contributed by atoms with Crippen molar-refractivity contribution in [2.75, 3.05) is 6.61 Å². The highest BCUT2D eigenvalue weighted by atomic mass is 19.1. The van der Waals surface area contributed by atoms with Gasteiger partial charge < -0.3 is 15.4 Å². The SMILES string of the molecule is CC(C)NC(=O)NC1CCOc2ccc(F)cc21. The summed E-state index contributed by atoms with van der Waals surface area (Å²) in [4.78, 5) is 11.7. The van der Waals surface area contributed by atoms with Gasteiger partial charge in [0.2, 0.25) is 0 Å². The fourth-order valence-electron chi connectivity index (χ4n) is 1.98. The Hall–Kier alpha value is -1.78. The molecular weight excluding hydrogens is 235 g/mol. The summed E-state index contributed by atoms with van der Waals surface area (Å²) in [6, 6.07) is 3.98. The van der Waals surface area contributed by atoms with Gasteiger partial charge in [0.15, 0.2) is 0 Å². The van der Waals surface area contributed by atoms with Crippen molar-refractivity contribution in [3.63, 3.8) is 0 Å². The second-order valence-electron chi connectivity index (χ2n) is 4.64. The van der Waals surface area contributed by atoms with Gasteiger partial charge in [-0.15, -0.1) is 0 Å². The van der Waals surface area contributed by atoms with E-state index in [0.29, 0.717) is 24.3 Å². The van der Waals surface area contributed by atoms with Crippen LogP contribution in [0, 0.1) is 5.82 Å². The molecule has 0 radical (unpaired) electrons. The summed E-state index contributed by atoms with van der Waals surface area (Å²) in [7, 11) is 0. The fourth-order valence-corrected chi connectivity index (χ4v) is 1.98. The van der Waals surface area contributed by atoms with Gasteiger partial charge in [-0.3, -0.25) is 0 Å².